The molecule has 1 aliphatic rings. The van der Waals surface area contributed by atoms with Crippen LogP contribution in [0.4, 0.5) is 8.78 Å². The van der Waals surface area contributed by atoms with Gasteiger partial charge in [0.25, 0.3) is 0 Å². The third-order valence-corrected chi connectivity index (χ3v) is 3.33. The molecule has 2 atom stereocenters. The number of piperidine rings is 1. The van der Waals surface area contributed by atoms with Gasteiger partial charge < -0.3 is 5.11 Å². The lowest BCUT2D eigenvalue weighted by atomic mass is 9.96. The van der Waals surface area contributed by atoms with Crippen LogP contribution in [0, 0.1) is 17.6 Å². The van der Waals surface area contributed by atoms with Crippen molar-refractivity contribution in [3.63, 3.8) is 0 Å². The van der Waals surface area contributed by atoms with Crippen molar-refractivity contribution in [1.82, 2.24) is 4.90 Å². The van der Waals surface area contributed by atoms with E-state index in [-0.39, 0.29) is 12.0 Å². The second-order valence-electron chi connectivity index (χ2n) is 4.82. The molecule has 0 radical (unpaired) electrons. The zero-order valence-electron chi connectivity index (χ0n) is 9.87. The van der Waals surface area contributed by atoms with Gasteiger partial charge in [-0.3, -0.25) is 4.90 Å². The molecule has 2 unspecified atom stereocenters. The van der Waals surface area contributed by atoms with Crippen LogP contribution < -0.4 is 0 Å². The molecule has 4 heteroatoms. The molecule has 2 nitrogen and oxygen atoms in total. The number of rotatable bonds is 2. The maximum atomic E-state index is 13.0. The van der Waals surface area contributed by atoms with Gasteiger partial charge in [0.1, 0.15) is 0 Å². The minimum Gasteiger partial charge on any atom is -0.393 e. The molecule has 1 aromatic carbocycles. The van der Waals surface area contributed by atoms with E-state index in [0.717, 1.165) is 31.1 Å². The molecule has 0 aromatic heterocycles. The largest absolute Gasteiger partial charge is 0.393 e. The van der Waals surface area contributed by atoms with Crippen molar-refractivity contribution in [2.45, 2.75) is 26.0 Å². The Morgan fingerprint density at radius 3 is 2.76 bits per heavy atom. The molecule has 0 spiro atoms. The standard InChI is InChI=1S/C13H17F2NO/c1-9-7-16(5-4-13(9)17)8-10-2-3-11(14)12(15)6-10/h2-3,6,9,13,17H,4-5,7-8H2,1H3. The number of hydrogen-bond acceptors (Lipinski definition) is 2. The highest BCUT2D eigenvalue weighted by atomic mass is 19.2. The van der Waals surface area contributed by atoms with Gasteiger partial charge in [-0.05, 0) is 30.0 Å². The Labute approximate surface area is 99.9 Å². The van der Waals surface area contributed by atoms with Gasteiger partial charge in [-0.2, -0.15) is 0 Å². The van der Waals surface area contributed by atoms with E-state index in [4.69, 9.17) is 0 Å². The predicted molar refractivity (Wildman–Crippen MR) is 61.4 cm³/mol. The smallest absolute Gasteiger partial charge is 0.159 e. The number of hydrogen-bond donors (Lipinski definition) is 1. The highest BCUT2D eigenvalue weighted by Gasteiger charge is 2.24. The summed E-state index contributed by atoms with van der Waals surface area (Å²) in [6.45, 7) is 4.20. The van der Waals surface area contributed by atoms with E-state index >= 15 is 0 Å². The number of halogens is 2. The van der Waals surface area contributed by atoms with Crippen LogP contribution in [0.5, 0.6) is 0 Å². The third-order valence-electron chi connectivity index (χ3n) is 3.33. The molecule has 0 amide bonds. The molecule has 2 rings (SSSR count). The zero-order valence-corrected chi connectivity index (χ0v) is 9.87. The van der Waals surface area contributed by atoms with Crippen LogP contribution in [0.1, 0.15) is 18.9 Å². The average molecular weight is 241 g/mol. The van der Waals surface area contributed by atoms with Crippen molar-refractivity contribution >= 4 is 0 Å². The molecular weight excluding hydrogens is 224 g/mol. The van der Waals surface area contributed by atoms with Crippen molar-refractivity contribution < 1.29 is 13.9 Å². The lowest BCUT2D eigenvalue weighted by Gasteiger charge is -2.34. The maximum Gasteiger partial charge on any atom is 0.159 e. The van der Waals surface area contributed by atoms with Gasteiger partial charge in [-0.15, -0.1) is 0 Å². The fourth-order valence-corrected chi connectivity index (χ4v) is 2.26. The molecular formula is C13H17F2NO. The lowest BCUT2D eigenvalue weighted by molar-refractivity contribution is 0.0320. The molecule has 1 aromatic rings. The first kappa shape index (κ1) is 12.5. The molecule has 1 saturated heterocycles. The highest BCUT2D eigenvalue weighted by Crippen LogP contribution is 2.19. The van der Waals surface area contributed by atoms with E-state index in [9.17, 15) is 13.9 Å². The molecule has 17 heavy (non-hydrogen) atoms. The number of aliphatic hydroxyl groups excluding tert-OH is 1. The Morgan fingerprint density at radius 1 is 1.35 bits per heavy atom. The molecule has 1 N–H and O–H groups in total. The van der Waals surface area contributed by atoms with E-state index in [1.54, 1.807) is 6.07 Å². The zero-order chi connectivity index (χ0) is 12.4. The lowest BCUT2D eigenvalue weighted by Crippen LogP contribution is -2.41. The number of aliphatic hydroxyl groups is 1. The summed E-state index contributed by atoms with van der Waals surface area (Å²) in [4.78, 5) is 2.16. The first-order chi connectivity index (χ1) is 8.06. The number of benzene rings is 1. The van der Waals surface area contributed by atoms with E-state index in [1.807, 2.05) is 6.92 Å². The van der Waals surface area contributed by atoms with Crippen LogP contribution >= 0.6 is 0 Å². The number of likely N-dealkylation sites (tertiary alicyclic amines) is 1. The van der Waals surface area contributed by atoms with Crippen LogP contribution in [0.25, 0.3) is 0 Å². The normalized spacial score (nSPS) is 26.1. The average Bonchev–Trinajstić information content (AvgIpc) is 2.29. The molecule has 1 heterocycles. The minimum absolute atomic E-state index is 0.231. The fraction of sp³-hybridized carbons (Fsp3) is 0.538. The van der Waals surface area contributed by atoms with Gasteiger partial charge in [0.2, 0.25) is 0 Å². The van der Waals surface area contributed by atoms with Crippen molar-refractivity contribution in [2.24, 2.45) is 5.92 Å². The van der Waals surface area contributed by atoms with Gasteiger partial charge in [-0.25, -0.2) is 8.78 Å². The Balaban J connectivity index is 1.99. The van der Waals surface area contributed by atoms with Gasteiger partial charge in [0.05, 0.1) is 6.10 Å². The van der Waals surface area contributed by atoms with E-state index in [0.29, 0.717) is 6.54 Å². The molecule has 1 aliphatic heterocycles. The summed E-state index contributed by atoms with van der Waals surface area (Å²) in [6.07, 6.45) is 0.501. The van der Waals surface area contributed by atoms with Crippen LogP contribution in [0.15, 0.2) is 18.2 Å². The molecule has 0 saturated carbocycles. The van der Waals surface area contributed by atoms with E-state index < -0.39 is 11.6 Å². The third kappa shape index (κ3) is 3.01. The Hall–Kier alpha value is -1.00. The maximum absolute atomic E-state index is 13.0. The predicted octanol–water partition coefficient (Wildman–Crippen LogP) is 2.17. The van der Waals surface area contributed by atoms with Crippen molar-refractivity contribution in [2.75, 3.05) is 13.1 Å². The topological polar surface area (TPSA) is 23.5 Å². The van der Waals surface area contributed by atoms with Crippen LogP contribution in [0.3, 0.4) is 0 Å². The summed E-state index contributed by atoms with van der Waals surface area (Å²) >= 11 is 0. The Morgan fingerprint density at radius 2 is 2.12 bits per heavy atom. The van der Waals surface area contributed by atoms with Crippen molar-refractivity contribution in [3.05, 3.63) is 35.4 Å². The second kappa shape index (κ2) is 5.10. The summed E-state index contributed by atoms with van der Waals surface area (Å²) in [5, 5.41) is 9.61. The SMILES string of the molecule is CC1CN(Cc2ccc(F)c(F)c2)CCC1O. The number of nitrogens with zero attached hydrogens (tertiary/aromatic N) is 1. The summed E-state index contributed by atoms with van der Waals surface area (Å²) in [5.41, 5.74) is 0.771. The molecule has 0 aliphatic carbocycles. The highest BCUT2D eigenvalue weighted by molar-refractivity contribution is 5.17. The summed E-state index contributed by atoms with van der Waals surface area (Å²) < 4.78 is 25.8. The minimum atomic E-state index is -0.809. The van der Waals surface area contributed by atoms with Crippen molar-refractivity contribution in [3.8, 4) is 0 Å². The van der Waals surface area contributed by atoms with Gasteiger partial charge in [-0.1, -0.05) is 13.0 Å². The molecule has 0 bridgehead atoms. The van der Waals surface area contributed by atoms with Crippen LogP contribution in [0.2, 0.25) is 0 Å². The first-order valence-electron chi connectivity index (χ1n) is 5.90. The van der Waals surface area contributed by atoms with Crippen LogP contribution in [-0.4, -0.2) is 29.2 Å². The summed E-state index contributed by atoms with van der Waals surface area (Å²) in [6, 6.07) is 4.01. The Kier molecular flexibility index (Phi) is 3.74. The molecule has 1 fully saturated rings. The van der Waals surface area contributed by atoms with Gasteiger partial charge in [0.15, 0.2) is 11.6 Å². The quantitative estimate of drug-likeness (QED) is 0.857. The van der Waals surface area contributed by atoms with E-state index in [2.05, 4.69) is 4.90 Å². The van der Waals surface area contributed by atoms with Gasteiger partial charge in [0, 0.05) is 19.6 Å². The van der Waals surface area contributed by atoms with Gasteiger partial charge >= 0.3 is 0 Å². The van der Waals surface area contributed by atoms with Crippen LogP contribution in [-0.2, 0) is 6.54 Å². The fourth-order valence-electron chi connectivity index (χ4n) is 2.26. The van der Waals surface area contributed by atoms with Crippen molar-refractivity contribution in [1.29, 1.82) is 0 Å². The summed E-state index contributed by atoms with van der Waals surface area (Å²) in [5.74, 6) is -1.38. The monoisotopic (exact) mass is 241 g/mol. The first-order valence-corrected chi connectivity index (χ1v) is 5.90. The van der Waals surface area contributed by atoms with E-state index in [1.165, 1.54) is 6.07 Å². The molecule has 94 valence electrons. The second-order valence-corrected chi connectivity index (χ2v) is 4.82. The summed E-state index contributed by atoms with van der Waals surface area (Å²) in [7, 11) is 0. The Bertz CT molecular complexity index is 397.